The average molecular weight is 506 g/mol. The smallest absolute Gasteiger partial charge is 0.211 e. The van der Waals surface area contributed by atoms with Crippen LogP contribution in [0.1, 0.15) is 48.5 Å². The molecule has 0 unspecified atom stereocenters. The van der Waals surface area contributed by atoms with Gasteiger partial charge in [-0.2, -0.15) is 0 Å². The maximum absolute atomic E-state index is 6.76. The van der Waals surface area contributed by atoms with E-state index >= 15 is 0 Å². The van der Waals surface area contributed by atoms with Gasteiger partial charge in [0.25, 0.3) is 0 Å². The maximum Gasteiger partial charge on any atom is 0.211 e. The number of aryl methyl sites for hydroxylation is 2. The molecule has 7 nitrogen and oxygen atoms in total. The first-order chi connectivity index (χ1) is 17.0. The average Bonchev–Trinajstić information content (AvgIpc) is 3.46. The number of nitrogens with zero attached hydrogens (tertiary/aromatic N) is 6. The first kappa shape index (κ1) is 22.8. The topological polar surface area (TPSA) is 85.2 Å². The van der Waals surface area contributed by atoms with Gasteiger partial charge in [0.2, 0.25) is 5.95 Å². The van der Waals surface area contributed by atoms with Crippen molar-refractivity contribution >= 4 is 35.0 Å². The molecule has 6 rings (SSSR count). The molecule has 4 aromatic heterocycles. The Balaban J connectivity index is 1.28. The number of pyridine rings is 2. The van der Waals surface area contributed by atoms with E-state index in [1.165, 1.54) is 11.3 Å². The molecule has 1 aliphatic heterocycles. The Morgan fingerprint density at radius 2 is 1.97 bits per heavy atom. The number of hydrogen-bond donors (Lipinski definition) is 1. The zero-order valence-electron chi connectivity index (χ0n) is 19.9. The summed E-state index contributed by atoms with van der Waals surface area (Å²) in [4.78, 5) is 23.1. The molecule has 0 bridgehead atoms. The van der Waals surface area contributed by atoms with Crippen molar-refractivity contribution in [1.82, 2.24) is 24.3 Å². The number of halogens is 1. The van der Waals surface area contributed by atoms with Crippen molar-refractivity contribution in [3.63, 3.8) is 0 Å². The van der Waals surface area contributed by atoms with Crippen molar-refractivity contribution in [2.75, 3.05) is 18.0 Å². The molecule has 9 heteroatoms. The Kier molecular flexibility index (Phi) is 5.70. The summed E-state index contributed by atoms with van der Waals surface area (Å²) < 4.78 is 2.11. The van der Waals surface area contributed by atoms with E-state index in [1.54, 1.807) is 11.8 Å². The first-order valence-electron chi connectivity index (χ1n) is 12.1. The second-order valence-electron chi connectivity index (χ2n) is 9.52. The van der Waals surface area contributed by atoms with Crippen LogP contribution in [-0.2, 0) is 12.8 Å². The highest BCUT2D eigenvalue weighted by atomic mass is 35.5. The number of rotatable bonds is 4. The first-order valence-corrected chi connectivity index (χ1v) is 13.3. The Bertz CT molecular complexity index is 1410. The van der Waals surface area contributed by atoms with Crippen LogP contribution in [0.15, 0.2) is 52.8 Å². The molecular formula is C26H28ClN7S. The highest BCUT2D eigenvalue weighted by molar-refractivity contribution is 7.99. The van der Waals surface area contributed by atoms with Crippen molar-refractivity contribution in [1.29, 1.82) is 0 Å². The molecule has 180 valence electrons. The van der Waals surface area contributed by atoms with E-state index < -0.39 is 0 Å². The summed E-state index contributed by atoms with van der Waals surface area (Å²) in [5.74, 6) is 0.937. The van der Waals surface area contributed by atoms with Crippen LogP contribution in [0.4, 0.5) is 5.95 Å². The van der Waals surface area contributed by atoms with E-state index in [2.05, 4.69) is 39.2 Å². The standard InChI is InChI=1S/C26H28ClN7S/c1-3-18-21(27)20(6-10-30-18)35-22-16(2)32-25(34-14-11-31-24(22)34)33-12-7-26(8-13-33)15-19-17(23(26)28)5-4-9-29-19/h4-6,9-11,14,23H,3,7-8,12-13,15,28H2,1-2H3/t23-/m1/s1. The minimum atomic E-state index is 0.0493. The van der Waals surface area contributed by atoms with Gasteiger partial charge in [-0.1, -0.05) is 36.4 Å². The molecule has 1 atom stereocenters. The van der Waals surface area contributed by atoms with Gasteiger partial charge >= 0.3 is 0 Å². The lowest BCUT2D eigenvalue weighted by molar-refractivity contribution is 0.186. The maximum atomic E-state index is 6.76. The molecule has 0 saturated carbocycles. The lowest BCUT2D eigenvalue weighted by Gasteiger charge is -2.42. The summed E-state index contributed by atoms with van der Waals surface area (Å²) in [6, 6.07) is 6.15. The highest BCUT2D eigenvalue weighted by Gasteiger charge is 2.46. The van der Waals surface area contributed by atoms with E-state index in [0.29, 0.717) is 5.02 Å². The molecule has 0 amide bonds. The van der Waals surface area contributed by atoms with Crippen LogP contribution in [0, 0.1) is 12.3 Å². The third kappa shape index (κ3) is 3.70. The van der Waals surface area contributed by atoms with Gasteiger partial charge in [0, 0.05) is 54.5 Å². The van der Waals surface area contributed by atoms with Crippen LogP contribution in [-0.4, -0.2) is 37.4 Å². The zero-order valence-corrected chi connectivity index (χ0v) is 21.5. The number of fused-ring (bicyclic) bond motifs is 2. The fourth-order valence-electron chi connectivity index (χ4n) is 5.59. The van der Waals surface area contributed by atoms with Crippen LogP contribution in [0.5, 0.6) is 0 Å². The van der Waals surface area contributed by atoms with Gasteiger partial charge in [0.1, 0.15) is 0 Å². The van der Waals surface area contributed by atoms with Gasteiger partial charge < -0.3 is 10.6 Å². The van der Waals surface area contributed by atoms with Gasteiger partial charge in [-0.15, -0.1) is 0 Å². The van der Waals surface area contributed by atoms with Crippen molar-refractivity contribution in [2.45, 2.75) is 55.4 Å². The number of aromatic nitrogens is 5. The van der Waals surface area contributed by atoms with E-state index in [0.717, 1.165) is 71.5 Å². The molecular weight excluding hydrogens is 478 g/mol. The molecule has 0 aromatic carbocycles. The van der Waals surface area contributed by atoms with E-state index in [4.69, 9.17) is 27.3 Å². The molecule has 1 saturated heterocycles. The predicted octanol–water partition coefficient (Wildman–Crippen LogP) is 5.04. The molecule has 4 aromatic rings. The fraction of sp³-hybridized carbons (Fsp3) is 0.385. The van der Waals surface area contributed by atoms with E-state index in [9.17, 15) is 0 Å². The second kappa shape index (κ2) is 8.76. The Morgan fingerprint density at radius 1 is 1.14 bits per heavy atom. The Labute approximate surface area is 214 Å². The van der Waals surface area contributed by atoms with E-state index in [-0.39, 0.29) is 11.5 Å². The minimum Gasteiger partial charge on any atom is -0.342 e. The summed E-state index contributed by atoms with van der Waals surface area (Å²) in [6.45, 7) is 5.93. The van der Waals surface area contributed by atoms with Crippen LogP contribution in [0.25, 0.3) is 5.65 Å². The number of hydrogen-bond acceptors (Lipinski definition) is 7. The lowest BCUT2D eigenvalue weighted by Crippen LogP contribution is -2.45. The largest absolute Gasteiger partial charge is 0.342 e. The third-order valence-corrected chi connectivity index (χ3v) is 9.39. The molecule has 1 spiro atoms. The quantitative estimate of drug-likeness (QED) is 0.416. The van der Waals surface area contributed by atoms with Crippen molar-refractivity contribution < 1.29 is 0 Å². The summed E-state index contributed by atoms with van der Waals surface area (Å²) in [5.41, 5.74) is 12.0. The Hall–Kier alpha value is -2.68. The lowest BCUT2D eigenvalue weighted by atomic mass is 9.73. The van der Waals surface area contributed by atoms with Crippen LogP contribution < -0.4 is 10.6 Å². The second-order valence-corrected chi connectivity index (χ2v) is 10.9. The molecule has 1 fully saturated rings. The number of nitrogens with two attached hydrogens (primary N) is 1. The number of imidazole rings is 1. The van der Waals surface area contributed by atoms with Crippen molar-refractivity contribution in [3.8, 4) is 0 Å². The molecule has 1 aliphatic carbocycles. The molecule has 5 heterocycles. The molecule has 35 heavy (non-hydrogen) atoms. The van der Waals surface area contributed by atoms with Gasteiger partial charge in [-0.3, -0.25) is 14.4 Å². The fourth-order valence-corrected chi connectivity index (χ4v) is 6.94. The molecule has 0 radical (unpaired) electrons. The number of anilines is 1. The van der Waals surface area contributed by atoms with Crippen LogP contribution in [0.3, 0.4) is 0 Å². The SMILES string of the molecule is CCc1nccc(Sc2c(C)nc(N3CCC4(CC3)Cc3ncccc3[C@H]4N)n3ccnc23)c1Cl. The summed E-state index contributed by atoms with van der Waals surface area (Å²) >= 11 is 8.25. The van der Waals surface area contributed by atoms with Gasteiger partial charge in [-0.05, 0) is 55.7 Å². The minimum absolute atomic E-state index is 0.0493. The van der Waals surface area contributed by atoms with Crippen LogP contribution in [0.2, 0.25) is 5.02 Å². The number of piperidine rings is 1. The third-order valence-electron chi connectivity index (χ3n) is 7.61. The van der Waals surface area contributed by atoms with Crippen molar-refractivity contribution in [2.24, 2.45) is 11.1 Å². The predicted molar refractivity (Wildman–Crippen MR) is 139 cm³/mol. The molecule has 2 aliphatic rings. The normalized spacial score (nSPS) is 19.0. The summed E-state index contributed by atoms with van der Waals surface area (Å²) in [7, 11) is 0. The van der Waals surface area contributed by atoms with Crippen molar-refractivity contribution in [3.05, 3.63) is 70.7 Å². The zero-order chi connectivity index (χ0) is 24.2. The monoisotopic (exact) mass is 505 g/mol. The van der Waals surface area contributed by atoms with E-state index in [1.807, 2.05) is 36.9 Å². The summed E-state index contributed by atoms with van der Waals surface area (Å²) in [5, 5.41) is 0.706. The van der Waals surface area contributed by atoms with Gasteiger partial charge in [-0.25, -0.2) is 9.97 Å². The van der Waals surface area contributed by atoms with Crippen LogP contribution >= 0.6 is 23.4 Å². The Morgan fingerprint density at radius 3 is 2.74 bits per heavy atom. The molecule has 2 N–H and O–H groups in total. The highest BCUT2D eigenvalue weighted by Crippen LogP contribution is 2.50. The van der Waals surface area contributed by atoms with Gasteiger partial charge in [0.05, 0.1) is 21.3 Å². The van der Waals surface area contributed by atoms with Gasteiger partial charge in [0.15, 0.2) is 5.65 Å². The summed E-state index contributed by atoms with van der Waals surface area (Å²) in [6.07, 6.45) is 11.3.